The zero-order valence-corrected chi connectivity index (χ0v) is 20.9. The minimum absolute atomic E-state index is 0.00420. The van der Waals surface area contributed by atoms with Crippen molar-refractivity contribution in [1.29, 1.82) is 0 Å². The molecule has 2 amide bonds. The number of thiol groups is 1. The van der Waals surface area contributed by atoms with Crippen molar-refractivity contribution in [2.75, 3.05) is 16.2 Å². The summed E-state index contributed by atoms with van der Waals surface area (Å²) in [4.78, 5) is 29.8. The van der Waals surface area contributed by atoms with Crippen LogP contribution in [0.25, 0.3) is 0 Å². The molecule has 1 aliphatic heterocycles. The third-order valence-electron chi connectivity index (χ3n) is 5.13. The van der Waals surface area contributed by atoms with E-state index in [1.54, 1.807) is 44.2 Å². The molecule has 1 heterocycles. The van der Waals surface area contributed by atoms with Crippen LogP contribution in [0.3, 0.4) is 0 Å². The Bertz CT molecular complexity index is 1290. The highest BCUT2D eigenvalue weighted by molar-refractivity contribution is 7.93. The van der Waals surface area contributed by atoms with Crippen molar-refractivity contribution < 1.29 is 18.0 Å². The predicted molar refractivity (Wildman–Crippen MR) is 137 cm³/mol. The van der Waals surface area contributed by atoms with E-state index in [9.17, 15) is 18.0 Å². The number of aryl methyl sites for hydroxylation is 2. The second kappa shape index (κ2) is 10.5. The number of sulfonamides is 1. The maximum atomic E-state index is 13.9. The number of nitrogens with zero attached hydrogens (tertiary/aromatic N) is 2. The number of hydrogen-bond acceptors (Lipinski definition) is 6. The average molecular weight is 522 g/mol. The first-order valence-corrected chi connectivity index (χ1v) is 12.4. The molecule has 0 aromatic heterocycles. The lowest BCUT2D eigenvalue weighted by Gasteiger charge is -2.37. The van der Waals surface area contributed by atoms with Crippen LogP contribution in [0.15, 0.2) is 57.4 Å². The van der Waals surface area contributed by atoms with Gasteiger partial charge in [0.2, 0.25) is 11.8 Å². The highest BCUT2D eigenvalue weighted by atomic mass is 35.5. The van der Waals surface area contributed by atoms with Crippen LogP contribution in [0.2, 0.25) is 5.02 Å². The zero-order chi connectivity index (χ0) is 25.0. The van der Waals surface area contributed by atoms with E-state index in [1.807, 2.05) is 0 Å². The second-order valence-corrected chi connectivity index (χ2v) is 10.4. The summed E-state index contributed by atoms with van der Waals surface area (Å²) in [5, 5.41) is 5.73. The third-order valence-corrected chi connectivity index (χ3v) is 7.78. The molecule has 0 saturated heterocycles. The van der Waals surface area contributed by atoms with Crippen molar-refractivity contribution in [3.05, 3.63) is 63.7 Å². The van der Waals surface area contributed by atoms with Crippen molar-refractivity contribution in [3.8, 4) is 0 Å². The van der Waals surface area contributed by atoms with Gasteiger partial charge < -0.3 is 16.4 Å². The monoisotopic (exact) mass is 521 g/mol. The van der Waals surface area contributed by atoms with Crippen molar-refractivity contribution in [1.82, 2.24) is 5.32 Å². The van der Waals surface area contributed by atoms with Gasteiger partial charge in [0.1, 0.15) is 6.04 Å². The maximum Gasteiger partial charge on any atom is 0.265 e. The first-order valence-electron chi connectivity index (χ1n) is 10.2. The van der Waals surface area contributed by atoms with Crippen molar-refractivity contribution >= 4 is 63.8 Å². The number of carbonyl (C=O) groups excluding carboxylic acids is 2. The van der Waals surface area contributed by atoms with Gasteiger partial charge in [-0.05, 0) is 49.2 Å². The molecule has 9 nitrogen and oxygen atoms in total. The predicted octanol–water partition coefficient (Wildman–Crippen LogP) is 2.74. The lowest BCUT2D eigenvalue weighted by atomic mass is 10.1. The fourth-order valence-corrected chi connectivity index (χ4v) is 5.78. The van der Waals surface area contributed by atoms with Crippen LogP contribution >= 0.6 is 24.2 Å². The summed E-state index contributed by atoms with van der Waals surface area (Å²) in [5.74, 6) is -1.16. The van der Waals surface area contributed by atoms with Crippen LogP contribution in [-0.2, 0) is 19.6 Å². The smallest absolute Gasteiger partial charge is 0.265 e. The fraction of sp³-hybridized carbons (Fsp3) is 0.227. The number of carbonyl (C=O) groups is 2. The van der Waals surface area contributed by atoms with E-state index in [-0.39, 0.29) is 17.1 Å². The van der Waals surface area contributed by atoms with E-state index in [0.29, 0.717) is 26.7 Å². The van der Waals surface area contributed by atoms with Gasteiger partial charge in [-0.15, -0.1) is 12.6 Å². The number of benzene rings is 2. The zero-order valence-electron chi connectivity index (χ0n) is 18.4. The van der Waals surface area contributed by atoms with Crippen LogP contribution in [-0.4, -0.2) is 39.2 Å². The highest BCUT2D eigenvalue weighted by Crippen LogP contribution is 2.38. The van der Waals surface area contributed by atoms with E-state index in [1.165, 1.54) is 12.3 Å². The summed E-state index contributed by atoms with van der Waals surface area (Å²) in [7, 11) is -4.24. The van der Waals surface area contributed by atoms with Gasteiger partial charge in [-0.25, -0.2) is 13.4 Å². The van der Waals surface area contributed by atoms with E-state index < -0.39 is 34.3 Å². The Balaban J connectivity index is 2.01. The summed E-state index contributed by atoms with van der Waals surface area (Å²) in [6, 6.07) is 8.23. The molecule has 1 atom stereocenters. The van der Waals surface area contributed by atoms with E-state index in [0.717, 1.165) is 10.6 Å². The Morgan fingerprint density at radius 1 is 1.29 bits per heavy atom. The van der Waals surface area contributed by atoms with Gasteiger partial charge in [-0.2, -0.15) is 0 Å². The topological polar surface area (TPSA) is 134 Å². The summed E-state index contributed by atoms with van der Waals surface area (Å²) in [6.07, 6.45) is 2.02. The number of para-hydroxylation sites is 2. The Kier molecular flexibility index (Phi) is 7.90. The first kappa shape index (κ1) is 25.6. The van der Waals surface area contributed by atoms with Crippen LogP contribution in [0.5, 0.6) is 0 Å². The average Bonchev–Trinajstić information content (AvgIpc) is 2.78. The second-order valence-electron chi connectivity index (χ2n) is 7.59. The van der Waals surface area contributed by atoms with Crippen molar-refractivity contribution in [2.24, 2.45) is 10.7 Å². The molecule has 0 bridgehead atoms. The molecule has 180 valence electrons. The highest BCUT2D eigenvalue weighted by Gasteiger charge is 2.42. The number of aliphatic imine (C=N–C) groups is 1. The molecule has 1 unspecified atom stereocenters. The van der Waals surface area contributed by atoms with Gasteiger partial charge in [0.15, 0.2) is 0 Å². The van der Waals surface area contributed by atoms with Crippen LogP contribution < -0.4 is 20.7 Å². The van der Waals surface area contributed by atoms with E-state index >= 15 is 0 Å². The van der Waals surface area contributed by atoms with E-state index in [2.05, 4.69) is 28.3 Å². The summed E-state index contributed by atoms with van der Waals surface area (Å²) in [5.41, 5.74) is 6.76. The van der Waals surface area contributed by atoms with Gasteiger partial charge >= 0.3 is 0 Å². The largest absolute Gasteiger partial charge is 0.390 e. The Hall–Kier alpha value is -3.02. The Labute approximate surface area is 208 Å². The standard InChI is InChI=1S/C22H24ClN5O4S2/c1-13-8-20(14(2)7-16(13)23)34(31,32)28-18-6-4-3-5-17(18)27-22(30)19(28)9-21(29)26-11-15(33)10-25-12-24/h3-8,10,12,19,33H,9,11H2,1-2H3,(H2,24,25)(H,26,29)(H,27,30)/b15-10-. The number of halogens is 1. The number of nitrogens with two attached hydrogens (primary N) is 1. The molecule has 1 aliphatic rings. The molecule has 34 heavy (non-hydrogen) atoms. The van der Waals surface area contributed by atoms with Crippen LogP contribution in [0, 0.1) is 13.8 Å². The molecule has 2 aromatic rings. The molecule has 12 heteroatoms. The molecule has 0 aliphatic carbocycles. The molecule has 4 N–H and O–H groups in total. The van der Waals surface area contributed by atoms with Crippen LogP contribution in [0.1, 0.15) is 17.5 Å². The molecular formula is C22H24ClN5O4S2. The van der Waals surface area contributed by atoms with Gasteiger partial charge in [0.25, 0.3) is 10.0 Å². The first-order chi connectivity index (χ1) is 16.1. The maximum absolute atomic E-state index is 13.9. The number of rotatable bonds is 7. The quantitative estimate of drug-likeness (QED) is 0.252. The number of anilines is 2. The van der Waals surface area contributed by atoms with Crippen LogP contribution in [0.4, 0.5) is 11.4 Å². The third kappa shape index (κ3) is 5.37. The lowest BCUT2D eigenvalue weighted by molar-refractivity contribution is -0.125. The Morgan fingerprint density at radius 2 is 2.00 bits per heavy atom. The minimum Gasteiger partial charge on any atom is -0.390 e. The molecule has 0 spiro atoms. The number of amides is 2. The number of fused-ring (bicyclic) bond motifs is 1. The SMILES string of the molecule is Cc1cc(S(=O)(=O)N2c3ccccc3NC(=O)C2CC(=O)NC/C(S)=C/N=CN)c(C)cc1Cl. The molecule has 0 radical (unpaired) electrons. The summed E-state index contributed by atoms with van der Waals surface area (Å²) < 4.78 is 28.8. The molecular weight excluding hydrogens is 498 g/mol. The van der Waals surface area contributed by atoms with Crippen molar-refractivity contribution in [3.63, 3.8) is 0 Å². The molecule has 0 fully saturated rings. The van der Waals surface area contributed by atoms with Crippen molar-refractivity contribution in [2.45, 2.75) is 31.2 Å². The van der Waals surface area contributed by atoms with Gasteiger partial charge in [-0.1, -0.05) is 23.7 Å². The Morgan fingerprint density at radius 3 is 2.71 bits per heavy atom. The summed E-state index contributed by atoms with van der Waals surface area (Å²) >= 11 is 10.3. The van der Waals surface area contributed by atoms with E-state index in [4.69, 9.17) is 17.3 Å². The molecule has 0 saturated carbocycles. The summed E-state index contributed by atoms with van der Waals surface area (Å²) in [6.45, 7) is 3.35. The normalized spacial score (nSPS) is 16.4. The van der Waals surface area contributed by atoms with Gasteiger partial charge in [0, 0.05) is 22.7 Å². The number of hydrogen-bond donors (Lipinski definition) is 4. The van der Waals surface area contributed by atoms with Gasteiger partial charge in [-0.3, -0.25) is 13.9 Å². The molecule has 2 aromatic carbocycles. The fourth-order valence-electron chi connectivity index (χ4n) is 3.48. The number of nitrogens with one attached hydrogen (secondary N) is 2. The minimum atomic E-state index is -4.24. The molecule has 3 rings (SSSR count). The lowest BCUT2D eigenvalue weighted by Crippen LogP contribution is -2.52. The van der Waals surface area contributed by atoms with Gasteiger partial charge in [0.05, 0.1) is 29.0 Å².